The second-order valence-corrected chi connectivity index (χ2v) is 8.49. The molecule has 0 aliphatic rings. The summed E-state index contributed by atoms with van der Waals surface area (Å²) in [5.41, 5.74) is 6.75. The number of fused-ring (bicyclic) bond motifs is 1. The van der Waals surface area contributed by atoms with Crippen molar-refractivity contribution in [1.82, 2.24) is 9.47 Å². The number of hydrogen-bond donors (Lipinski definition) is 3. The third kappa shape index (κ3) is 5.18. The van der Waals surface area contributed by atoms with E-state index in [4.69, 9.17) is 0 Å². The van der Waals surface area contributed by atoms with E-state index in [1.165, 1.54) is 5.56 Å². The van der Waals surface area contributed by atoms with E-state index in [-0.39, 0.29) is 13.2 Å². The average Bonchev–Trinajstić information content (AvgIpc) is 3.13. The van der Waals surface area contributed by atoms with Gasteiger partial charge in [0.15, 0.2) is 0 Å². The molecule has 0 saturated heterocycles. The van der Waals surface area contributed by atoms with Crippen molar-refractivity contribution >= 4 is 10.9 Å². The van der Waals surface area contributed by atoms with Gasteiger partial charge in [0.25, 0.3) is 0 Å². The molecule has 0 radical (unpaired) electrons. The van der Waals surface area contributed by atoms with Crippen molar-refractivity contribution in [3.8, 4) is 22.4 Å². The van der Waals surface area contributed by atoms with Crippen molar-refractivity contribution in [2.24, 2.45) is 0 Å². The van der Waals surface area contributed by atoms with Gasteiger partial charge in [-0.05, 0) is 30.2 Å². The number of aliphatic hydroxyl groups is 3. The quantitative estimate of drug-likeness (QED) is 0.347. The molecule has 1 heterocycles. The van der Waals surface area contributed by atoms with Gasteiger partial charge in [-0.2, -0.15) is 0 Å². The van der Waals surface area contributed by atoms with Gasteiger partial charge in [-0.15, -0.1) is 0 Å². The van der Waals surface area contributed by atoms with Crippen molar-refractivity contribution in [2.45, 2.75) is 19.6 Å². The third-order valence-corrected chi connectivity index (χ3v) is 6.02. The predicted molar refractivity (Wildman–Crippen MR) is 134 cm³/mol. The zero-order valence-electron chi connectivity index (χ0n) is 19.1. The molecular weight excluding hydrogens is 412 g/mol. The SMILES string of the molecule is Cc1ccc2c(c1)c(-c1ccccc1)c(-c1ccccc1)n2CC(O)CN(CCO)CCO. The first-order chi connectivity index (χ1) is 16.1. The van der Waals surface area contributed by atoms with Crippen molar-refractivity contribution < 1.29 is 15.3 Å². The van der Waals surface area contributed by atoms with Crippen LogP contribution in [-0.2, 0) is 6.54 Å². The highest BCUT2D eigenvalue weighted by molar-refractivity contribution is 6.04. The molecule has 172 valence electrons. The van der Waals surface area contributed by atoms with Crippen LogP contribution in [0, 0.1) is 6.92 Å². The summed E-state index contributed by atoms with van der Waals surface area (Å²) in [6.45, 7) is 3.71. The summed E-state index contributed by atoms with van der Waals surface area (Å²) in [5, 5.41) is 30.9. The van der Waals surface area contributed by atoms with Crippen molar-refractivity contribution in [3.63, 3.8) is 0 Å². The summed E-state index contributed by atoms with van der Waals surface area (Å²) in [5.74, 6) is 0. The Morgan fingerprint density at radius 1 is 0.818 bits per heavy atom. The van der Waals surface area contributed by atoms with Crippen LogP contribution >= 0.6 is 0 Å². The zero-order valence-corrected chi connectivity index (χ0v) is 19.1. The van der Waals surface area contributed by atoms with Crippen LogP contribution in [0.2, 0.25) is 0 Å². The summed E-state index contributed by atoms with van der Waals surface area (Å²) >= 11 is 0. The Morgan fingerprint density at radius 2 is 1.42 bits per heavy atom. The van der Waals surface area contributed by atoms with Crippen LogP contribution < -0.4 is 0 Å². The number of nitrogens with zero attached hydrogens (tertiary/aromatic N) is 2. The predicted octanol–water partition coefficient (Wildman–Crippen LogP) is 3.93. The molecule has 0 spiro atoms. The highest BCUT2D eigenvalue weighted by Crippen LogP contribution is 2.41. The fraction of sp³-hybridized carbons (Fsp3) is 0.286. The largest absolute Gasteiger partial charge is 0.395 e. The zero-order chi connectivity index (χ0) is 23.2. The maximum absolute atomic E-state index is 11.1. The Bertz CT molecular complexity index is 1170. The maximum Gasteiger partial charge on any atom is 0.0846 e. The van der Waals surface area contributed by atoms with E-state index in [0.29, 0.717) is 26.2 Å². The fourth-order valence-electron chi connectivity index (χ4n) is 4.60. The standard InChI is InChI=1S/C28H32N2O3/c1-21-12-13-26-25(18-21)27(22-8-4-2-5-9-22)28(23-10-6-3-7-11-23)30(26)20-24(33)19-29(14-16-31)15-17-32/h2-13,18,24,31-33H,14-17,19-20H2,1H3. The summed E-state index contributed by atoms with van der Waals surface area (Å²) in [4.78, 5) is 1.89. The Hall–Kier alpha value is -2.96. The monoisotopic (exact) mass is 444 g/mol. The number of rotatable bonds is 10. The molecule has 1 aromatic heterocycles. The second-order valence-electron chi connectivity index (χ2n) is 8.49. The first-order valence-corrected chi connectivity index (χ1v) is 11.5. The molecule has 0 bridgehead atoms. The van der Waals surface area contributed by atoms with E-state index in [1.807, 2.05) is 29.2 Å². The lowest BCUT2D eigenvalue weighted by Crippen LogP contribution is -2.38. The number of aryl methyl sites for hydroxylation is 1. The van der Waals surface area contributed by atoms with Crippen LogP contribution in [0.1, 0.15) is 5.56 Å². The average molecular weight is 445 g/mol. The molecule has 3 N–H and O–H groups in total. The molecule has 5 nitrogen and oxygen atoms in total. The lowest BCUT2D eigenvalue weighted by Gasteiger charge is -2.24. The Labute approximate surface area is 195 Å². The van der Waals surface area contributed by atoms with Crippen LogP contribution in [0.3, 0.4) is 0 Å². The molecule has 1 unspecified atom stereocenters. The molecular formula is C28H32N2O3. The van der Waals surface area contributed by atoms with Gasteiger partial charge in [-0.3, -0.25) is 4.90 Å². The van der Waals surface area contributed by atoms with Crippen molar-refractivity contribution in [3.05, 3.63) is 84.4 Å². The summed E-state index contributed by atoms with van der Waals surface area (Å²) in [6.07, 6.45) is -0.661. The molecule has 5 heteroatoms. The van der Waals surface area contributed by atoms with E-state index >= 15 is 0 Å². The van der Waals surface area contributed by atoms with E-state index in [9.17, 15) is 15.3 Å². The number of aromatic nitrogens is 1. The molecule has 3 aromatic carbocycles. The van der Waals surface area contributed by atoms with Gasteiger partial charge in [-0.1, -0.05) is 72.3 Å². The maximum atomic E-state index is 11.1. The minimum Gasteiger partial charge on any atom is -0.395 e. The number of hydrogen-bond acceptors (Lipinski definition) is 4. The first kappa shape index (κ1) is 23.2. The molecule has 0 aliphatic heterocycles. The summed E-state index contributed by atoms with van der Waals surface area (Å²) in [6, 6.07) is 27.2. The van der Waals surface area contributed by atoms with Crippen LogP contribution in [0.4, 0.5) is 0 Å². The molecule has 0 saturated carbocycles. The van der Waals surface area contributed by atoms with E-state index < -0.39 is 6.10 Å². The summed E-state index contributed by atoms with van der Waals surface area (Å²) < 4.78 is 2.22. The van der Waals surface area contributed by atoms with Crippen LogP contribution in [0.25, 0.3) is 33.3 Å². The topological polar surface area (TPSA) is 68.9 Å². The van der Waals surface area contributed by atoms with Crippen LogP contribution in [0.5, 0.6) is 0 Å². The first-order valence-electron chi connectivity index (χ1n) is 11.5. The molecule has 0 amide bonds. The number of benzene rings is 3. The Morgan fingerprint density at radius 3 is 2.03 bits per heavy atom. The van der Waals surface area contributed by atoms with E-state index in [2.05, 4.69) is 66.1 Å². The minimum absolute atomic E-state index is 0.00807. The molecule has 1 atom stereocenters. The Balaban J connectivity index is 1.87. The van der Waals surface area contributed by atoms with E-state index in [0.717, 1.165) is 33.3 Å². The van der Waals surface area contributed by atoms with Gasteiger partial charge in [0.05, 0.1) is 31.6 Å². The lowest BCUT2D eigenvalue weighted by molar-refractivity contribution is 0.0783. The molecule has 4 rings (SSSR count). The normalized spacial score (nSPS) is 12.5. The van der Waals surface area contributed by atoms with Crippen LogP contribution in [0.15, 0.2) is 78.9 Å². The minimum atomic E-state index is -0.661. The molecule has 0 fully saturated rings. The van der Waals surface area contributed by atoms with Gasteiger partial charge in [0.1, 0.15) is 0 Å². The summed E-state index contributed by atoms with van der Waals surface area (Å²) in [7, 11) is 0. The number of aliphatic hydroxyl groups excluding tert-OH is 3. The second kappa shape index (κ2) is 10.8. The third-order valence-electron chi connectivity index (χ3n) is 6.02. The molecule has 0 aliphatic carbocycles. The van der Waals surface area contributed by atoms with Gasteiger partial charge < -0.3 is 19.9 Å². The van der Waals surface area contributed by atoms with Gasteiger partial charge in [-0.25, -0.2) is 0 Å². The molecule has 33 heavy (non-hydrogen) atoms. The van der Waals surface area contributed by atoms with Crippen LogP contribution in [-0.4, -0.2) is 63.7 Å². The smallest absolute Gasteiger partial charge is 0.0846 e. The van der Waals surface area contributed by atoms with Gasteiger partial charge in [0, 0.05) is 36.1 Å². The van der Waals surface area contributed by atoms with Gasteiger partial charge in [0.2, 0.25) is 0 Å². The van der Waals surface area contributed by atoms with Crippen molar-refractivity contribution in [2.75, 3.05) is 32.8 Å². The van der Waals surface area contributed by atoms with Gasteiger partial charge >= 0.3 is 0 Å². The molecule has 4 aromatic rings. The van der Waals surface area contributed by atoms with E-state index in [1.54, 1.807) is 0 Å². The highest BCUT2D eigenvalue weighted by atomic mass is 16.3. The Kier molecular flexibility index (Phi) is 7.57. The fourth-order valence-corrected chi connectivity index (χ4v) is 4.60. The van der Waals surface area contributed by atoms with Crippen molar-refractivity contribution in [1.29, 1.82) is 0 Å². The highest BCUT2D eigenvalue weighted by Gasteiger charge is 2.22. The lowest BCUT2D eigenvalue weighted by atomic mass is 9.98.